The molecule has 11 heteroatoms. The maximum absolute atomic E-state index is 13.7. The van der Waals surface area contributed by atoms with Crippen LogP contribution in [0, 0.1) is 11.8 Å². The van der Waals surface area contributed by atoms with Gasteiger partial charge in [0.2, 0.25) is 11.8 Å². The number of aromatic nitrogens is 1. The fourth-order valence-corrected chi connectivity index (χ4v) is 6.05. The molecule has 1 heterocycles. The van der Waals surface area contributed by atoms with Crippen LogP contribution in [0.25, 0.3) is 0 Å². The lowest BCUT2D eigenvalue weighted by molar-refractivity contribution is -0.138. The molecule has 1 saturated carbocycles. The normalized spacial score (nSPS) is 17.8. The summed E-state index contributed by atoms with van der Waals surface area (Å²) in [6.07, 6.45) is 4.97. The molecule has 1 aliphatic carbocycles. The predicted molar refractivity (Wildman–Crippen MR) is 156 cm³/mol. The van der Waals surface area contributed by atoms with Crippen LogP contribution in [0.4, 0.5) is 4.79 Å². The number of aliphatic hydroxyl groups excluding tert-OH is 1. The number of rotatable bonds is 14. The first-order valence-electron chi connectivity index (χ1n) is 14.6. The van der Waals surface area contributed by atoms with Crippen molar-refractivity contribution in [2.24, 2.45) is 11.8 Å². The molecule has 0 aliphatic heterocycles. The van der Waals surface area contributed by atoms with Crippen molar-refractivity contribution in [1.82, 2.24) is 20.9 Å². The van der Waals surface area contributed by atoms with Crippen molar-refractivity contribution in [3.63, 3.8) is 0 Å². The van der Waals surface area contributed by atoms with E-state index in [1.54, 1.807) is 26.3 Å². The highest BCUT2D eigenvalue weighted by Crippen LogP contribution is 2.33. The summed E-state index contributed by atoms with van der Waals surface area (Å²) in [6.45, 7) is 8.87. The number of nitrogens with zero attached hydrogens (tertiary/aromatic N) is 1. The third-order valence-corrected chi connectivity index (χ3v) is 8.56. The van der Waals surface area contributed by atoms with Crippen molar-refractivity contribution < 1.29 is 29.3 Å². The third kappa shape index (κ3) is 10.6. The van der Waals surface area contributed by atoms with Crippen LogP contribution in [0.2, 0.25) is 0 Å². The lowest BCUT2D eigenvalue weighted by atomic mass is 9.76. The lowest BCUT2D eigenvalue weighted by Crippen LogP contribution is -2.55. The van der Waals surface area contributed by atoms with Gasteiger partial charge in [-0.2, -0.15) is 0 Å². The molecule has 10 nitrogen and oxygen atoms in total. The van der Waals surface area contributed by atoms with Crippen molar-refractivity contribution in [1.29, 1.82) is 0 Å². The van der Waals surface area contributed by atoms with Crippen LogP contribution in [0.15, 0.2) is 10.9 Å². The number of hydrogen-bond donors (Lipinski definition) is 5. The van der Waals surface area contributed by atoms with Gasteiger partial charge in [-0.15, -0.1) is 11.3 Å². The van der Waals surface area contributed by atoms with E-state index in [-0.39, 0.29) is 18.7 Å². The summed E-state index contributed by atoms with van der Waals surface area (Å²) in [5.74, 6) is -1.34. The summed E-state index contributed by atoms with van der Waals surface area (Å²) in [4.78, 5) is 43.4. The molecule has 40 heavy (non-hydrogen) atoms. The van der Waals surface area contributed by atoms with E-state index in [1.165, 1.54) is 24.8 Å². The van der Waals surface area contributed by atoms with Crippen LogP contribution < -0.4 is 16.0 Å². The second-order valence-corrected chi connectivity index (χ2v) is 12.7. The maximum Gasteiger partial charge on any atom is 0.408 e. The zero-order valence-electron chi connectivity index (χ0n) is 25.0. The molecule has 0 unspecified atom stereocenters. The number of thiazole rings is 1. The van der Waals surface area contributed by atoms with Crippen molar-refractivity contribution in [3.05, 3.63) is 16.6 Å². The van der Waals surface area contributed by atoms with Gasteiger partial charge < -0.3 is 30.9 Å². The molecule has 1 aromatic heterocycles. The number of nitrogens with one attached hydrogen (secondary N) is 3. The van der Waals surface area contributed by atoms with Gasteiger partial charge >= 0.3 is 6.09 Å². The van der Waals surface area contributed by atoms with Crippen LogP contribution >= 0.6 is 11.3 Å². The zero-order chi connectivity index (χ0) is 29.9. The molecule has 0 spiro atoms. The molecule has 2 rings (SSSR count). The van der Waals surface area contributed by atoms with Crippen LogP contribution in [0.3, 0.4) is 0 Å². The third-order valence-electron chi connectivity index (χ3n) is 7.92. The minimum Gasteiger partial charge on any atom is -0.444 e. The van der Waals surface area contributed by atoms with Crippen LogP contribution in [-0.4, -0.2) is 69.5 Å². The molecule has 1 fully saturated rings. The highest BCUT2D eigenvalue weighted by Gasteiger charge is 2.41. The van der Waals surface area contributed by atoms with E-state index in [0.29, 0.717) is 30.9 Å². The Morgan fingerprint density at radius 3 is 2.27 bits per heavy atom. The van der Waals surface area contributed by atoms with Gasteiger partial charge in [0.25, 0.3) is 0 Å². The van der Waals surface area contributed by atoms with Crippen molar-refractivity contribution >= 4 is 29.2 Å². The Hall–Kier alpha value is -2.24. The van der Waals surface area contributed by atoms with Gasteiger partial charge in [0, 0.05) is 18.8 Å². The largest absolute Gasteiger partial charge is 0.444 e. The number of alkyl carbamates (subject to hydrolysis) is 1. The number of ether oxygens (including phenoxy) is 1. The number of carbonyl (C=O) groups is 3. The fourth-order valence-electron chi connectivity index (χ4n) is 5.48. The molecule has 5 N–H and O–H groups in total. The van der Waals surface area contributed by atoms with Gasteiger partial charge in [-0.1, -0.05) is 46.0 Å². The Labute approximate surface area is 243 Å². The van der Waals surface area contributed by atoms with Crippen molar-refractivity contribution in [3.8, 4) is 0 Å². The number of amides is 3. The molecule has 4 atom stereocenters. The smallest absolute Gasteiger partial charge is 0.408 e. The van der Waals surface area contributed by atoms with E-state index in [2.05, 4.69) is 20.9 Å². The zero-order valence-corrected chi connectivity index (χ0v) is 25.8. The first kappa shape index (κ1) is 34.0. The van der Waals surface area contributed by atoms with E-state index in [4.69, 9.17) is 4.74 Å². The summed E-state index contributed by atoms with van der Waals surface area (Å²) in [6, 6.07) is -1.64. The Bertz CT molecular complexity index is 925. The highest BCUT2D eigenvalue weighted by molar-refractivity contribution is 7.07. The average molecular weight is 583 g/mol. The molecular weight excluding hydrogens is 532 g/mol. The first-order valence-corrected chi connectivity index (χ1v) is 15.5. The molecular formula is C29H50N4O6S. The molecule has 0 aromatic carbocycles. The summed E-state index contributed by atoms with van der Waals surface area (Å²) in [5, 5.41) is 32.8. The number of aliphatic hydroxyl groups is 2. The molecule has 0 saturated heterocycles. The Kier molecular flexibility index (Phi) is 13.3. The van der Waals surface area contributed by atoms with Gasteiger partial charge in [0.1, 0.15) is 11.6 Å². The second-order valence-electron chi connectivity index (χ2n) is 12.0. The van der Waals surface area contributed by atoms with Gasteiger partial charge in [-0.3, -0.25) is 9.59 Å². The lowest BCUT2D eigenvalue weighted by Gasteiger charge is -2.37. The molecule has 1 aliphatic rings. The Morgan fingerprint density at radius 1 is 1.10 bits per heavy atom. The van der Waals surface area contributed by atoms with Gasteiger partial charge in [0.15, 0.2) is 0 Å². The summed E-state index contributed by atoms with van der Waals surface area (Å²) in [5.41, 5.74) is 0.289. The summed E-state index contributed by atoms with van der Waals surface area (Å²) in [7, 11) is 1.51. The second kappa shape index (κ2) is 15.7. The predicted octanol–water partition coefficient (Wildman–Crippen LogP) is 3.70. The van der Waals surface area contributed by atoms with Crippen LogP contribution in [-0.2, 0) is 20.7 Å². The molecule has 0 radical (unpaired) electrons. The molecule has 1 aromatic rings. The van der Waals surface area contributed by atoms with Gasteiger partial charge in [-0.05, 0) is 52.4 Å². The fraction of sp³-hybridized carbons (Fsp3) is 0.793. The van der Waals surface area contributed by atoms with Gasteiger partial charge in [-0.25, -0.2) is 9.78 Å². The van der Waals surface area contributed by atoms with E-state index in [0.717, 1.165) is 25.7 Å². The quantitative estimate of drug-likeness (QED) is 0.224. The summed E-state index contributed by atoms with van der Waals surface area (Å²) < 4.78 is 5.40. The van der Waals surface area contributed by atoms with E-state index < -0.39 is 47.3 Å². The average Bonchev–Trinajstić information content (AvgIpc) is 3.42. The number of carbonyl (C=O) groups excluding carboxylic acids is 3. The molecule has 3 amide bonds. The topological polar surface area (TPSA) is 150 Å². The standard InChI is InChI=1S/C29H50N4O6S/c1-7-29(38,8-2)21(25(35)30-6)16-24(34)22(14-19-12-10-9-11-13-19)32-26(36)23(15-20-17-40-18-31-20)33-27(37)39-28(3,4)5/h17-19,21-24,34,38H,7-16H2,1-6H3,(H,30,35)(H,32,36)(H,33,37)/t21-,22+,23+,24+/m1/s1. The van der Waals surface area contributed by atoms with Crippen molar-refractivity contribution in [2.75, 3.05) is 7.05 Å². The monoisotopic (exact) mass is 582 g/mol. The van der Waals surface area contributed by atoms with E-state index in [1.807, 2.05) is 19.2 Å². The van der Waals surface area contributed by atoms with Crippen molar-refractivity contribution in [2.45, 2.75) is 128 Å². The first-order chi connectivity index (χ1) is 18.8. The SMILES string of the molecule is CCC(O)(CC)[C@H](C[C@H](O)[C@H](CC1CCCCC1)NC(=O)[C@H](Cc1cscn1)NC(=O)OC(C)(C)C)C(=O)NC. The molecule has 228 valence electrons. The Morgan fingerprint density at radius 2 is 1.75 bits per heavy atom. The number of hydrogen-bond acceptors (Lipinski definition) is 8. The van der Waals surface area contributed by atoms with Crippen LogP contribution in [0.5, 0.6) is 0 Å². The molecule has 0 bridgehead atoms. The van der Waals surface area contributed by atoms with Gasteiger partial charge in [0.05, 0.1) is 34.9 Å². The van der Waals surface area contributed by atoms with E-state index in [9.17, 15) is 24.6 Å². The maximum atomic E-state index is 13.7. The minimum absolute atomic E-state index is 0.00817. The Balaban J connectivity index is 2.30. The highest BCUT2D eigenvalue weighted by atomic mass is 32.1. The van der Waals surface area contributed by atoms with E-state index >= 15 is 0 Å². The summed E-state index contributed by atoms with van der Waals surface area (Å²) >= 11 is 1.39. The minimum atomic E-state index is -1.29. The van der Waals surface area contributed by atoms with Crippen LogP contribution in [0.1, 0.15) is 98.1 Å².